The summed E-state index contributed by atoms with van der Waals surface area (Å²) >= 11 is 0. The van der Waals surface area contributed by atoms with Crippen molar-refractivity contribution in [2.24, 2.45) is 0 Å². The van der Waals surface area contributed by atoms with Crippen LogP contribution >= 0.6 is 0 Å². The summed E-state index contributed by atoms with van der Waals surface area (Å²) in [4.78, 5) is 0. The molecule has 0 N–H and O–H groups in total. The Morgan fingerprint density at radius 2 is 1.69 bits per heavy atom. The molecular formula is C14H13NO. The second kappa shape index (κ2) is 4.62. The van der Waals surface area contributed by atoms with Crippen LogP contribution in [0.2, 0.25) is 0 Å². The van der Waals surface area contributed by atoms with Crippen LogP contribution in [0.4, 0.5) is 0 Å². The monoisotopic (exact) mass is 211 g/mol. The Labute approximate surface area is 95.1 Å². The summed E-state index contributed by atoms with van der Waals surface area (Å²) in [5.74, 6) is 0. The zero-order valence-electron chi connectivity index (χ0n) is 9.13. The SMILES string of the molecule is Cc1cc(/C=C/c2ccccc2)cc[n+]1[O-]. The molecule has 0 aliphatic carbocycles. The number of rotatable bonds is 2. The Kier molecular flexibility index (Phi) is 3.01. The molecule has 1 aromatic heterocycles. The molecule has 0 unspecified atom stereocenters. The van der Waals surface area contributed by atoms with E-state index in [0.717, 1.165) is 15.9 Å². The first-order valence-electron chi connectivity index (χ1n) is 5.19. The molecule has 0 spiro atoms. The minimum Gasteiger partial charge on any atom is -0.619 e. The first-order chi connectivity index (χ1) is 7.75. The molecule has 0 atom stereocenters. The van der Waals surface area contributed by atoms with Gasteiger partial charge in [0, 0.05) is 19.1 Å². The molecule has 0 aliphatic rings. The topological polar surface area (TPSA) is 26.9 Å². The van der Waals surface area contributed by atoms with Crippen molar-refractivity contribution in [2.75, 3.05) is 0 Å². The maximum atomic E-state index is 11.1. The van der Waals surface area contributed by atoms with Gasteiger partial charge in [-0.3, -0.25) is 0 Å². The van der Waals surface area contributed by atoms with Gasteiger partial charge in [0.05, 0.1) is 0 Å². The summed E-state index contributed by atoms with van der Waals surface area (Å²) in [6, 6.07) is 13.7. The first-order valence-corrected chi connectivity index (χ1v) is 5.19. The molecule has 80 valence electrons. The van der Waals surface area contributed by atoms with E-state index in [-0.39, 0.29) is 0 Å². The zero-order chi connectivity index (χ0) is 11.4. The van der Waals surface area contributed by atoms with Gasteiger partial charge >= 0.3 is 0 Å². The second-order valence-corrected chi connectivity index (χ2v) is 3.67. The summed E-state index contributed by atoms with van der Waals surface area (Å²) in [7, 11) is 0. The van der Waals surface area contributed by atoms with Gasteiger partial charge in [-0.25, -0.2) is 0 Å². The van der Waals surface area contributed by atoms with Gasteiger partial charge in [0.2, 0.25) is 0 Å². The van der Waals surface area contributed by atoms with Crippen molar-refractivity contribution in [1.29, 1.82) is 0 Å². The van der Waals surface area contributed by atoms with Gasteiger partial charge in [-0.1, -0.05) is 42.5 Å². The van der Waals surface area contributed by atoms with Crippen molar-refractivity contribution >= 4 is 12.2 Å². The highest BCUT2D eigenvalue weighted by Crippen LogP contribution is 2.07. The summed E-state index contributed by atoms with van der Waals surface area (Å²) in [5.41, 5.74) is 2.89. The van der Waals surface area contributed by atoms with Crippen LogP contribution in [0.25, 0.3) is 12.2 Å². The van der Waals surface area contributed by atoms with E-state index in [1.54, 1.807) is 13.0 Å². The van der Waals surface area contributed by atoms with E-state index in [1.807, 2.05) is 48.6 Å². The van der Waals surface area contributed by atoms with E-state index < -0.39 is 0 Å². The summed E-state index contributed by atoms with van der Waals surface area (Å²) in [5, 5.41) is 11.1. The average Bonchev–Trinajstić information content (AvgIpc) is 2.32. The Balaban J connectivity index is 2.21. The van der Waals surface area contributed by atoms with E-state index in [2.05, 4.69) is 0 Å². The number of aromatic nitrogens is 1. The number of pyridine rings is 1. The van der Waals surface area contributed by atoms with Gasteiger partial charge in [0.25, 0.3) is 0 Å². The van der Waals surface area contributed by atoms with Gasteiger partial charge in [-0.05, 0) is 11.1 Å². The molecule has 2 nitrogen and oxygen atoms in total. The lowest BCUT2D eigenvalue weighted by atomic mass is 10.1. The summed E-state index contributed by atoms with van der Waals surface area (Å²) in [6.45, 7) is 1.80. The third kappa shape index (κ3) is 2.48. The maximum Gasteiger partial charge on any atom is 0.190 e. The lowest BCUT2D eigenvalue weighted by Crippen LogP contribution is -2.28. The van der Waals surface area contributed by atoms with Gasteiger partial charge in [0.1, 0.15) is 0 Å². The fraction of sp³-hybridized carbons (Fsp3) is 0.0714. The lowest BCUT2D eigenvalue weighted by Gasteiger charge is -2.00. The molecule has 0 fully saturated rings. The fourth-order valence-electron chi connectivity index (χ4n) is 1.48. The predicted molar refractivity (Wildman–Crippen MR) is 65.5 cm³/mol. The molecule has 0 amide bonds. The number of aryl methyl sites for hydroxylation is 1. The predicted octanol–water partition coefficient (Wildman–Crippen LogP) is 2.80. The van der Waals surface area contributed by atoms with Crippen molar-refractivity contribution in [1.82, 2.24) is 0 Å². The number of nitrogens with zero attached hydrogens (tertiary/aromatic N) is 1. The number of benzene rings is 1. The molecule has 0 bridgehead atoms. The molecule has 0 radical (unpaired) electrons. The van der Waals surface area contributed by atoms with E-state index >= 15 is 0 Å². The molecule has 1 heterocycles. The van der Waals surface area contributed by atoms with Crippen molar-refractivity contribution in [3.8, 4) is 0 Å². The highest BCUT2D eigenvalue weighted by molar-refractivity contribution is 5.69. The van der Waals surface area contributed by atoms with Crippen LogP contribution in [0.3, 0.4) is 0 Å². The molecule has 0 saturated carbocycles. The highest BCUT2D eigenvalue weighted by Gasteiger charge is 1.97. The van der Waals surface area contributed by atoms with Crippen LogP contribution in [0, 0.1) is 12.1 Å². The van der Waals surface area contributed by atoms with Crippen molar-refractivity contribution in [2.45, 2.75) is 6.92 Å². The van der Waals surface area contributed by atoms with Crippen LogP contribution < -0.4 is 4.73 Å². The molecule has 2 rings (SSSR count). The zero-order valence-corrected chi connectivity index (χ0v) is 9.13. The van der Waals surface area contributed by atoms with Crippen LogP contribution in [-0.2, 0) is 0 Å². The molecule has 16 heavy (non-hydrogen) atoms. The normalized spacial score (nSPS) is 10.8. The Morgan fingerprint density at radius 1 is 1.00 bits per heavy atom. The van der Waals surface area contributed by atoms with Gasteiger partial charge < -0.3 is 5.21 Å². The highest BCUT2D eigenvalue weighted by atomic mass is 16.5. The third-order valence-corrected chi connectivity index (χ3v) is 2.39. The van der Waals surface area contributed by atoms with Crippen LogP contribution in [0.5, 0.6) is 0 Å². The van der Waals surface area contributed by atoms with E-state index in [1.165, 1.54) is 6.20 Å². The fourth-order valence-corrected chi connectivity index (χ4v) is 1.48. The van der Waals surface area contributed by atoms with E-state index in [9.17, 15) is 5.21 Å². The lowest BCUT2D eigenvalue weighted by molar-refractivity contribution is -0.612. The van der Waals surface area contributed by atoms with Gasteiger partial charge in [-0.15, -0.1) is 0 Å². The Morgan fingerprint density at radius 3 is 2.38 bits per heavy atom. The van der Waals surface area contributed by atoms with Crippen molar-refractivity contribution < 1.29 is 4.73 Å². The molecule has 2 aromatic rings. The minimum absolute atomic E-state index is 0.704. The van der Waals surface area contributed by atoms with Crippen molar-refractivity contribution in [3.05, 3.63) is 70.7 Å². The van der Waals surface area contributed by atoms with Gasteiger partial charge in [-0.2, -0.15) is 4.73 Å². The number of hydrogen-bond donors (Lipinski definition) is 0. The second-order valence-electron chi connectivity index (χ2n) is 3.67. The minimum atomic E-state index is 0.704. The molecule has 0 aliphatic heterocycles. The summed E-state index contributed by atoms with van der Waals surface area (Å²) < 4.78 is 0.861. The largest absolute Gasteiger partial charge is 0.619 e. The summed E-state index contributed by atoms with van der Waals surface area (Å²) in [6.07, 6.45) is 5.56. The quantitative estimate of drug-likeness (QED) is 0.554. The molecule has 0 saturated heterocycles. The maximum absolute atomic E-state index is 11.1. The molecule has 2 heteroatoms. The third-order valence-electron chi connectivity index (χ3n) is 2.39. The van der Waals surface area contributed by atoms with Crippen LogP contribution in [-0.4, -0.2) is 0 Å². The molecule has 1 aromatic carbocycles. The Hall–Kier alpha value is -2.09. The Bertz CT molecular complexity index is 503. The molecular weight excluding hydrogens is 198 g/mol. The van der Waals surface area contributed by atoms with Crippen LogP contribution in [0.15, 0.2) is 48.7 Å². The van der Waals surface area contributed by atoms with Crippen LogP contribution in [0.1, 0.15) is 16.8 Å². The average molecular weight is 211 g/mol. The number of hydrogen-bond acceptors (Lipinski definition) is 1. The van der Waals surface area contributed by atoms with E-state index in [0.29, 0.717) is 5.69 Å². The van der Waals surface area contributed by atoms with Crippen molar-refractivity contribution in [3.63, 3.8) is 0 Å². The van der Waals surface area contributed by atoms with E-state index in [4.69, 9.17) is 0 Å². The standard InChI is InChI=1S/C14H13NO/c1-12-11-14(9-10-15(12)16)8-7-13-5-3-2-4-6-13/h2-11H,1H3/b8-7+. The first kappa shape index (κ1) is 10.4. The van der Waals surface area contributed by atoms with Gasteiger partial charge in [0.15, 0.2) is 11.9 Å². The smallest absolute Gasteiger partial charge is 0.190 e.